The van der Waals surface area contributed by atoms with Crippen molar-refractivity contribution in [1.82, 2.24) is 10.6 Å². The van der Waals surface area contributed by atoms with E-state index in [-0.39, 0.29) is 24.7 Å². The van der Waals surface area contributed by atoms with E-state index in [1.54, 1.807) is 11.8 Å². The number of aryl methyl sites for hydroxylation is 1. The molecule has 2 atom stereocenters. The van der Waals surface area contributed by atoms with E-state index in [1.165, 1.54) is 5.56 Å². The summed E-state index contributed by atoms with van der Waals surface area (Å²) in [6.45, 7) is 4.19. The van der Waals surface area contributed by atoms with Gasteiger partial charge in [-0.2, -0.15) is 11.8 Å². The van der Waals surface area contributed by atoms with E-state index in [4.69, 9.17) is 5.11 Å². The highest BCUT2D eigenvalue weighted by Crippen LogP contribution is 2.17. The van der Waals surface area contributed by atoms with Crippen molar-refractivity contribution in [2.24, 2.45) is 0 Å². The normalized spacial score (nSPS) is 13.5. The molecule has 0 saturated heterocycles. The van der Waals surface area contributed by atoms with Crippen LogP contribution in [0.1, 0.15) is 36.9 Å². The van der Waals surface area contributed by atoms with Crippen LogP contribution < -0.4 is 10.6 Å². The number of hydrogen-bond acceptors (Lipinski definition) is 3. The van der Waals surface area contributed by atoms with Crippen molar-refractivity contribution < 1.29 is 9.90 Å². The van der Waals surface area contributed by atoms with E-state index in [2.05, 4.69) is 41.8 Å². The van der Waals surface area contributed by atoms with E-state index < -0.39 is 0 Å². The number of rotatable bonds is 8. The van der Waals surface area contributed by atoms with Gasteiger partial charge in [-0.15, -0.1) is 0 Å². The monoisotopic (exact) mass is 310 g/mol. The zero-order chi connectivity index (χ0) is 15.7. The van der Waals surface area contributed by atoms with Gasteiger partial charge in [0.05, 0.1) is 6.04 Å². The Balaban J connectivity index is 2.59. The third kappa shape index (κ3) is 6.40. The van der Waals surface area contributed by atoms with Crippen LogP contribution in [0.15, 0.2) is 24.3 Å². The molecule has 2 unspecified atom stereocenters. The Hall–Kier alpha value is -1.20. The summed E-state index contributed by atoms with van der Waals surface area (Å²) in [6.07, 6.45) is 3.41. The number of carbonyl (C=O) groups excluding carboxylic acids is 1. The fourth-order valence-electron chi connectivity index (χ4n) is 2.16. The summed E-state index contributed by atoms with van der Waals surface area (Å²) < 4.78 is 0. The molecule has 0 fully saturated rings. The number of urea groups is 1. The van der Waals surface area contributed by atoms with Gasteiger partial charge in [0.25, 0.3) is 0 Å². The summed E-state index contributed by atoms with van der Waals surface area (Å²) >= 11 is 1.66. The predicted molar refractivity (Wildman–Crippen MR) is 89.8 cm³/mol. The fraction of sp³-hybridized carbons (Fsp3) is 0.562. The number of benzene rings is 1. The number of aliphatic hydroxyl groups excluding tert-OH is 1. The molecule has 0 saturated carbocycles. The first-order chi connectivity index (χ1) is 10.1. The lowest BCUT2D eigenvalue weighted by Crippen LogP contribution is -2.44. The van der Waals surface area contributed by atoms with Crippen LogP contribution in [0.5, 0.6) is 0 Å². The average Bonchev–Trinajstić information content (AvgIpc) is 2.46. The van der Waals surface area contributed by atoms with Gasteiger partial charge in [-0.05, 0) is 31.6 Å². The summed E-state index contributed by atoms with van der Waals surface area (Å²) in [5.74, 6) is 0.801. The van der Waals surface area contributed by atoms with Gasteiger partial charge in [-0.3, -0.25) is 0 Å². The zero-order valence-corrected chi connectivity index (χ0v) is 13.9. The molecule has 0 heterocycles. The minimum Gasteiger partial charge on any atom is -0.396 e. The molecule has 0 bridgehead atoms. The van der Waals surface area contributed by atoms with Gasteiger partial charge in [0, 0.05) is 18.4 Å². The van der Waals surface area contributed by atoms with E-state index in [0.717, 1.165) is 17.7 Å². The van der Waals surface area contributed by atoms with Gasteiger partial charge in [0.1, 0.15) is 0 Å². The molecule has 2 amide bonds. The molecule has 0 aliphatic carbocycles. The van der Waals surface area contributed by atoms with Crippen molar-refractivity contribution in [3.8, 4) is 0 Å². The summed E-state index contributed by atoms with van der Waals surface area (Å²) in [7, 11) is 0. The molecule has 1 aromatic rings. The minimum absolute atomic E-state index is 0.000485. The topological polar surface area (TPSA) is 61.4 Å². The van der Waals surface area contributed by atoms with Gasteiger partial charge < -0.3 is 15.7 Å². The van der Waals surface area contributed by atoms with Crippen molar-refractivity contribution in [3.63, 3.8) is 0 Å². The number of amides is 2. The molecule has 4 nitrogen and oxygen atoms in total. The van der Waals surface area contributed by atoms with Crippen molar-refractivity contribution in [3.05, 3.63) is 35.4 Å². The first-order valence-electron chi connectivity index (χ1n) is 7.34. The van der Waals surface area contributed by atoms with Crippen LogP contribution in [0, 0.1) is 6.92 Å². The second-order valence-electron chi connectivity index (χ2n) is 5.15. The molecule has 1 aromatic carbocycles. The standard InChI is InChI=1S/C16H26N2O2S/c1-4-15(13-7-5-12(2)6-8-13)18-16(20)17-14(9-10-19)11-21-3/h5-8,14-15,19H,4,9-11H2,1-3H3,(H2,17,18,20). The number of thioether (sulfide) groups is 1. The molecule has 3 N–H and O–H groups in total. The van der Waals surface area contributed by atoms with Crippen molar-refractivity contribution in [1.29, 1.82) is 0 Å². The molecule has 0 radical (unpaired) electrons. The van der Waals surface area contributed by atoms with E-state index in [9.17, 15) is 4.79 Å². The van der Waals surface area contributed by atoms with Crippen molar-refractivity contribution in [2.45, 2.75) is 38.8 Å². The number of nitrogens with one attached hydrogen (secondary N) is 2. The Bertz CT molecular complexity index is 417. The quantitative estimate of drug-likeness (QED) is 0.692. The van der Waals surface area contributed by atoms with Crippen LogP contribution >= 0.6 is 11.8 Å². The molecule has 0 aromatic heterocycles. The number of carbonyl (C=O) groups is 1. The molecule has 1 rings (SSSR count). The second-order valence-corrected chi connectivity index (χ2v) is 6.06. The van der Waals surface area contributed by atoms with Gasteiger partial charge >= 0.3 is 6.03 Å². The van der Waals surface area contributed by atoms with Gasteiger partial charge in [-0.25, -0.2) is 4.79 Å². The third-order valence-electron chi connectivity index (χ3n) is 3.37. The summed E-state index contributed by atoms with van der Waals surface area (Å²) in [4.78, 5) is 12.1. The fourth-order valence-corrected chi connectivity index (χ4v) is 2.81. The van der Waals surface area contributed by atoms with Crippen LogP contribution in [-0.4, -0.2) is 35.8 Å². The maximum absolute atomic E-state index is 12.1. The van der Waals surface area contributed by atoms with Crippen molar-refractivity contribution >= 4 is 17.8 Å². The lowest BCUT2D eigenvalue weighted by atomic mass is 10.0. The maximum atomic E-state index is 12.1. The minimum atomic E-state index is -0.171. The SMILES string of the molecule is CCC(NC(=O)NC(CCO)CSC)c1ccc(C)cc1. The molecule has 5 heteroatoms. The molecule has 0 spiro atoms. The average molecular weight is 310 g/mol. The molecular formula is C16H26N2O2S. The van der Waals surface area contributed by atoms with Crippen LogP contribution in [-0.2, 0) is 0 Å². The lowest BCUT2D eigenvalue weighted by Gasteiger charge is -2.21. The molecule has 0 aliphatic heterocycles. The molecule has 118 valence electrons. The largest absolute Gasteiger partial charge is 0.396 e. The lowest BCUT2D eigenvalue weighted by molar-refractivity contribution is 0.227. The maximum Gasteiger partial charge on any atom is 0.315 e. The van der Waals surface area contributed by atoms with E-state index in [1.807, 2.05) is 13.2 Å². The number of aliphatic hydroxyl groups is 1. The molecule has 0 aliphatic rings. The first-order valence-corrected chi connectivity index (χ1v) is 8.73. The summed E-state index contributed by atoms with van der Waals surface area (Å²) in [5, 5.41) is 15.0. The Morgan fingerprint density at radius 2 is 1.95 bits per heavy atom. The third-order valence-corrected chi connectivity index (χ3v) is 4.11. The summed E-state index contributed by atoms with van der Waals surface area (Å²) in [5.41, 5.74) is 2.32. The Labute approximate surface area is 131 Å². The predicted octanol–water partition coefficient (Wildman–Crippen LogP) is 2.86. The van der Waals surface area contributed by atoms with E-state index >= 15 is 0 Å². The highest BCUT2D eigenvalue weighted by atomic mass is 32.2. The second kappa shape index (κ2) is 9.68. The smallest absolute Gasteiger partial charge is 0.315 e. The highest BCUT2D eigenvalue weighted by molar-refractivity contribution is 7.98. The Morgan fingerprint density at radius 1 is 1.29 bits per heavy atom. The van der Waals surface area contributed by atoms with Crippen LogP contribution in [0.4, 0.5) is 4.79 Å². The summed E-state index contributed by atoms with van der Waals surface area (Å²) in [6, 6.07) is 8.05. The van der Waals surface area contributed by atoms with Crippen molar-refractivity contribution in [2.75, 3.05) is 18.6 Å². The Kier molecular flexibility index (Phi) is 8.23. The van der Waals surface area contributed by atoms with Gasteiger partial charge in [0.2, 0.25) is 0 Å². The zero-order valence-electron chi connectivity index (χ0n) is 13.1. The van der Waals surface area contributed by atoms with E-state index in [0.29, 0.717) is 6.42 Å². The molecule has 21 heavy (non-hydrogen) atoms. The highest BCUT2D eigenvalue weighted by Gasteiger charge is 2.15. The van der Waals surface area contributed by atoms with Gasteiger partial charge in [-0.1, -0.05) is 36.8 Å². The van der Waals surface area contributed by atoms with Crippen LogP contribution in [0.2, 0.25) is 0 Å². The first kappa shape index (κ1) is 17.9. The Morgan fingerprint density at radius 3 is 2.48 bits per heavy atom. The molecular weight excluding hydrogens is 284 g/mol. The van der Waals surface area contributed by atoms with Crippen LogP contribution in [0.25, 0.3) is 0 Å². The number of hydrogen-bond donors (Lipinski definition) is 3. The van der Waals surface area contributed by atoms with Crippen LogP contribution in [0.3, 0.4) is 0 Å². The van der Waals surface area contributed by atoms with Gasteiger partial charge in [0.15, 0.2) is 0 Å².